The number of nitrogen functional groups attached to an aromatic ring is 1. The van der Waals surface area contributed by atoms with Crippen LogP contribution < -0.4 is 10.6 Å². The first-order valence-electron chi connectivity index (χ1n) is 6.38. The Morgan fingerprint density at radius 2 is 2.22 bits per heavy atom. The lowest BCUT2D eigenvalue weighted by Gasteiger charge is -2.36. The van der Waals surface area contributed by atoms with Gasteiger partial charge in [0, 0.05) is 12.6 Å². The lowest BCUT2D eigenvalue weighted by Crippen LogP contribution is -2.37. The van der Waals surface area contributed by atoms with E-state index in [1.807, 2.05) is 6.07 Å². The molecule has 0 aromatic heterocycles. The number of rotatable bonds is 2. The van der Waals surface area contributed by atoms with E-state index in [4.69, 9.17) is 5.73 Å². The standard InChI is InChI=1S/C14H20N2O2/c1-10-5-3-4-8-16(10)13-7-6-11(9-12(13)15)14(17)18-2/h6-7,9-10H,3-5,8,15H2,1-2H3/t10-/m0/s1. The Balaban J connectivity index is 2.26. The topological polar surface area (TPSA) is 55.6 Å². The Hall–Kier alpha value is -1.71. The second kappa shape index (κ2) is 5.29. The van der Waals surface area contributed by atoms with Crippen LogP contribution in [0.2, 0.25) is 0 Å². The van der Waals surface area contributed by atoms with E-state index in [9.17, 15) is 4.79 Å². The first kappa shape index (κ1) is 12.7. The van der Waals surface area contributed by atoms with Crippen molar-refractivity contribution in [3.63, 3.8) is 0 Å². The Morgan fingerprint density at radius 1 is 1.44 bits per heavy atom. The van der Waals surface area contributed by atoms with Gasteiger partial charge in [0.2, 0.25) is 0 Å². The third kappa shape index (κ3) is 2.42. The molecule has 0 saturated carbocycles. The summed E-state index contributed by atoms with van der Waals surface area (Å²) >= 11 is 0. The average molecular weight is 248 g/mol. The smallest absolute Gasteiger partial charge is 0.337 e. The average Bonchev–Trinajstić information content (AvgIpc) is 2.39. The van der Waals surface area contributed by atoms with Crippen molar-refractivity contribution in [1.82, 2.24) is 0 Å². The van der Waals surface area contributed by atoms with Gasteiger partial charge in [0.25, 0.3) is 0 Å². The van der Waals surface area contributed by atoms with Crippen molar-refractivity contribution in [2.24, 2.45) is 0 Å². The Morgan fingerprint density at radius 3 is 2.83 bits per heavy atom. The van der Waals surface area contributed by atoms with Gasteiger partial charge in [-0.25, -0.2) is 4.79 Å². The summed E-state index contributed by atoms with van der Waals surface area (Å²) in [6.07, 6.45) is 3.67. The lowest BCUT2D eigenvalue weighted by molar-refractivity contribution is 0.0601. The molecule has 0 amide bonds. The Kier molecular flexibility index (Phi) is 3.75. The van der Waals surface area contributed by atoms with Crippen LogP contribution in [-0.4, -0.2) is 25.7 Å². The summed E-state index contributed by atoms with van der Waals surface area (Å²) in [6.45, 7) is 3.25. The summed E-state index contributed by atoms with van der Waals surface area (Å²) < 4.78 is 4.69. The highest BCUT2D eigenvalue weighted by molar-refractivity contribution is 5.92. The second-order valence-corrected chi connectivity index (χ2v) is 4.80. The number of nitrogens with two attached hydrogens (primary N) is 1. The molecule has 4 nitrogen and oxygen atoms in total. The molecule has 2 rings (SSSR count). The minimum Gasteiger partial charge on any atom is -0.465 e. The van der Waals surface area contributed by atoms with Crippen LogP contribution in [0.5, 0.6) is 0 Å². The third-order valence-corrected chi connectivity index (χ3v) is 3.56. The minimum atomic E-state index is -0.347. The number of esters is 1. The molecule has 1 heterocycles. The zero-order valence-electron chi connectivity index (χ0n) is 11.0. The number of piperidine rings is 1. The highest BCUT2D eigenvalue weighted by Gasteiger charge is 2.20. The fourth-order valence-electron chi connectivity index (χ4n) is 2.52. The molecule has 1 aliphatic rings. The molecule has 4 heteroatoms. The molecule has 0 unspecified atom stereocenters. The number of carbonyl (C=O) groups excluding carboxylic acids is 1. The van der Waals surface area contributed by atoms with E-state index in [1.165, 1.54) is 26.4 Å². The maximum absolute atomic E-state index is 11.4. The van der Waals surface area contributed by atoms with Crippen molar-refractivity contribution < 1.29 is 9.53 Å². The number of ether oxygens (including phenoxy) is 1. The van der Waals surface area contributed by atoms with Gasteiger partial charge in [-0.3, -0.25) is 0 Å². The molecule has 1 saturated heterocycles. The zero-order chi connectivity index (χ0) is 13.1. The predicted octanol–water partition coefficient (Wildman–Crippen LogP) is 2.43. The number of carbonyl (C=O) groups is 1. The molecule has 0 aliphatic carbocycles. The Bertz CT molecular complexity index is 445. The van der Waals surface area contributed by atoms with E-state index in [-0.39, 0.29) is 5.97 Å². The molecule has 1 aliphatic heterocycles. The summed E-state index contributed by atoms with van der Waals surface area (Å²) in [6, 6.07) is 5.90. The normalized spacial score (nSPS) is 19.7. The fraction of sp³-hybridized carbons (Fsp3) is 0.500. The molecule has 0 bridgehead atoms. The number of nitrogens with zero attached hydrogens (tertiary/aromatic N) is 1. The fourth-order valence-corrected chi connectivity index (χ4v) is 2.52. The molecule has 1 atom stereocenters. The van der Waals surface area contributed by atoms with Crippen LogP contribution >= 0.6 is 0 Å². The quantitative estimate of drug-likeness (QED) is 0.645. The number of anilines is 2. The van der Waals surface area contributed by atoms with Gasteiger partial charge in [-0.15, -0.1) is 0 Å². The third-order valence-electron chi connectivity index (χ3n) is 3.56. The first-order chi connectivity index (χ1) is 8.63. The number of methoxy groups -OCH3 is 1. The van der Waals surface area contributed by atoms with Crippen LogP contribution in [0, 0.1) is 0 Å². The molecular formula is C14H20N2O2. The minimum absolute atomic E-state index is 0.347. The molecule has 18 heavy (non-hydrogen) atoms. The molecule has 98 valence electrons. The summed E-state index contributed by atoms with van der Waals surface area (Å²) in [5.74, 6) is -0.347. The highest BCUT2D eigenvalue weighted by atomic mass is 16.5. The summed E-state index contributed by atoms with van der Waals surface area (Å²) in [5.41, 5.74) is 8.23. The Labute approximate surface area is 108 Å². The lowest BCUT2D eigenvalue weighted by atomic mass is 10.0. The van der Waals surface area contributed by atoms with E-state index < -0.39 is 0 Å². The predicted molar refractivity (Wildman–Crippen MR) is 72.9 cm³/mol. The monoisotopic (exact) mass is 248 g/mol. The van der Waals surface area contributed by atoms with Gasteiger partial charge >= 0.3 is 5.97 Å². The van der Waals surface area contributed by atoms with E-state index >= 15 is 0 Å². The van der Waals surface area contributed by atoms with Crippen LogP contribution in [0.25, 0.3) is 0 Å². The largest absolute Gasteiger partial charge is 0.465 e. The zero-order valence-corrected chi connectivity index (χ0v) is 11.0. The van der Waals surface area contributed by atoms with Crippen LogP contribution in [0.4, 0.5) is 11.4 Å². The van der Waals surface area contributed by atoms with Gasteiger partial charge in [0.15, 0.2) is 0 Å². The maximum Gasteiger partial charge on any atom is 0.337 e. The van der Waals surface area contributed by atoms with Gasteiger partial charge in [0.1, 0.15) is 0 Å². The van der Waals surface area contributed by atoms with Crippen molar-refractivity contribution >= 4 is 17.3 Å². The molecule has 1 fully saturated rings. The molecule has 2 N–H and O–H groups in total. The van der Waals surface area contributed by atoms with Gasteiger partial charge in [0.05, 0.1) is 24.0 Å². The van der Waals surface area contributed by atoms with E-state index in [0.29, 0.717) is 17.3 Å². The van der Waals surface area contributed by atoms with Crippen molar-refractivity contribution in [3.05, 3.63) is 23.8 Å². The maximum atomic E-state index is 11.4. The van der Waals surface area contributed by atoms with Gasteiger partial charge in [-0.1, -0.05) is 0 Å². The molecule has 1 aromatic carbocycles. The van der Waals surface area contributed by atoms with Crippen LogP contribution in [0.3, 0.4) is 0 Å². The first-order valence-corrected chi connectivity index (χ1v) is 6.38. The summed E-state index contributed by atoms with van der Waals surface area (Å²) in [5, 5.41) is 0. The van der Waals surface area contributed by atoms with Crippen molar-refractivity contribution in [3.8, 4) is 0 Å². The summed E-state index contributed by atoms with van der Waals surface area (Å²) in [4.78, 5) is 13.7. The number of benzene rings is 1. The van der Waals surface area contributed by atoms with Crippen molar-refractivity contribution in [1.29, 1.82) is 0 Å². The van der Waals surface area contributed by atoms with Gasteiger partial charge in [-0.2, -0.15) is 0 Å². The van der Waals surface area contributed by atoms with Crippen LogP contribution in [-0.2, 0) is 4.74 Å². The van der Waals surface area contributed by atoms with Gasteiger partial charge in [-0.05, 0) is 44.4 Å². The summed E-state index contributed by atoms with van der Waals surface area (Å²) in [7, 11) is 1.37. The molecule has 0 spiro atoms. The number of hydrogen-bond donors (Lipinski definition) is 1. The molecular weight excluding hydrogens is 228 g/mol. The number of hydrogen-bond acceptors (Lipinski definition) is 4. The van der Waals surface area contributed by atoms with Crippen LogP contribution in [0.15, 0.2) is 18.2 Å². The van der Waals surface area contributed by atoms with E-state index in [0.717, 1.165) is 12.2 Å². The molecule has 0 radical (unpaired) electrons. The highest BCUT2D eigenvalue weighted by Crippen LogP contribution is 2.30. The van der Waals surface area contributed by atoms with E-state index in [1.54, 1.807) is 12.1 Å². The van der Waals surface area contributed by atoms with Crippen molar-refractivity contribution in [2.45, 2.75) is 32.2 Å². The molecule has 1 aromatic rings. The van der Waals surface area contributed by atoms with Crippen LogP contribution in [0.1, 0.15) is 36.5 Å². The van der Waals surface area contributed by atoms with Gasteiger partial charge < -0.3 is 15.4 Å². The SMILES string of the molecule is COC(=O)c1ccc(N2CCCC[C@@H]2C)c(N)c1. The van der Waals surface area contributed by atoms with E-state index in [2.05, 4.69) is 16.6 Å². The van der Waals surface area contributed by atoms with Crippen molar-refractivity contribution in [2.75, 3.05) is 24.3 Å². The second-order valence-electron chi connectivity index (χ2n) is 4.80.